The van der Waals surface area contributed by atoms with E-state index in [0.29, 0.717) is 5.39 Å². The Bertz CT molecular complexity index is 878. The molecule has 0 aliphatic heterocycles. The summed E-state index contributed by atoms with van der Waals surface area (Å²) in [5, 5.41) is 13.7. The average Bonchev–Trinajstić information content (AvgIpc) is 2.48. The number of hydrogen-bond donors (Lipinski definition) is 1. The quantitative estimate of drug-likeness (QED) is 0.331. The summed E-state index contributed by atoms with van der Waals surface area (Å²) in [5.74, 6) is -0.440. The zero-order chi connectivity index (χ0) is 15.0. The third kappa shape index (κ3) is 2.34. The van der Waals surface area contributed by atoms with Gasteiger partial charge >= 0.3 is 5.97 Å². The number of esters is 1. The molecule has 0 spiro atoms. The molecule has 0 heterocycles. The first-order chi connectivity index (χ1) is 10.1. The first-order valence-electron chi connectivity index (χ1n) is 6.58. The molecule has 1 N–H and O–H groups in total. The molecule has 0 bridgehead atoms. The third-order valence-electron chi connectivity index (χ3n) is 3.36. The summed E-state index contributed by atoms with van der Waals surface area (Å²) < 4.78 is 5.28. The second-order valence-electron chi connectivity index (χ2n) is 5.00. The van der Waals surface area contributed by atoms with Gasteiger partial charge in [-0.2, -0.15) is 0 Å². The van der Waals surface area contributed by atoms with E-state index < -0.39 is 5.97 Å². The zero-order valence-electron chi connectivity index (χ0n) is 11.6. The van der Waals surface area contributed by atoms with Crippen LogP contribution in [0, 0.1) is 0 Å². The molecule has 3 aromatic rings. The molecule has 0 aliphatic rings. The first kappa shape index (κ1) is 13.2. The van der Waals surface area contributed by atoms with Crippen molar-refractivity contribution in [3.8, 4) is 11.5 Å². The fourth-order valence-corrected chi connectivity index (χ4v) is 2.26. The summed E-state index contributed by atoms with van der Waals surface area (Å²) in [6.45, 7) is 5.12. The van der Waals surface area contributed by atoms with Crippen molar-refractivity contribution in [2.45, 2.75) is 6.92 Å². The minimum absolute atomic E-state index is 0.0626. The molecule has 3 rings (SSSR count). The van der Waals surface area contributed by atoms with Crippen molar-refractivity contribution in [3.63, 3.8) is 0 Å². The lowest BCUT2D eigenvalue weighted by atomic mass is 10.0. The van der Waals surface area contributed by atoms with Crippen molar-refractivity contribution in [3.05, 3.63) is 60.7 Å². The number of carbonyl (C=O) groups is 1. The van der Waals surface area contributed by atoms with Crippen molar-refractivity contribution < 1.29 is 14.6 Å². The van der Waals surface area contributed by atoms with Gasteiger partial charge in [0, 0.05) is 11.0 Å². The summed E-state index contributed by atoms with van der Waals surface area (Å²) >= 11 is 0. The molecule has 0 fully saturated rings. The van der Waals surface area contributed by atoms with Gasteiger partial charge in [-0.05, 0) is 41.3 Å². The molecular formula is C18H14O3. The van der Waals surface area contributed by atoms with Crippen LogP contribution in [-0.4, -0.2) is 11.1 Å². The largest absolute Gasteiger partial charge is 0.504 e. The number of fused-ring (bicyclic) bond motifs is 2. The van der Waals surface area contributed by atoms with Crippen LogP contribution in [0.15, 0.2) is 60.7 Å². The number of aromatic hydroxyl groups is 1. The lowest BCUT2D eigenvalue weighted by Gasteiger charge is -2.11. The van der Waals surface area contributed by atoms with Crippen molar-refractivity contribution >= 4 is 27.5 Å². The zero-order valence-corrected chi connectivity index (χ0v) is 11.6. The summed E-state index contributed by atoms with van der Waals surface area (Å²) in [6, 6.07) is 15.1. The van der Waals surface area contributed by atoms with Gasteiger partial charge in [0.25, 0.3) is 0 Å². The Balaban J connectivity index is 2.26. The third-order valence-corrected chi connectivity index (χ3v) is 3.36. The van der Waals surface area contributed by atoms with E-state index >= 15 is 0 Å². The number of benzene rings is 3. The Morgan fingerprint density at radius 3 is 2.38 bits per heavy atom. The van der Waals surface area contributed by atoms with Crippen LogP contribution >= 0.6 is 0 Å². The smallest absolute Gasteiger partial charge is 0.338 e. The van der Waals surface area contributed by atoms with Crippen LogP contribution in [0.1, 0.15) is 6.92 Å². The van der Waals surface area contributed by atoms with Gasteiger partial charge in [-0.3, -0.25) is 0 Å². The number of phenols is 1. The minimum Gasteiger partial charge on any atom is -0.504 e. The van der Waals surface area contributed by atoms with Gasteiger partial charge in [0.15, 0.2) is 11.5 Å². The molecule has 0 radical (unpaired) electrons. The van der Waals surface area contributed by atoms with E-state index in [1.807, 2.05) is 36.4 Å². The van der Waals surface area contributed by atoms with Crippen molar-refractivity contribution in [1.82, 2.24) is 0 Å². The van der Waals surface area contributed by atoms with Crippen molar-refractivity contribution in [2.24, 2.45) is 0 Å². The van der Waals surface area contributed by atoms with Crippen LogP contribution < -0.4 is 4.74 Å². The maximum Gasteiger partial charge on any atom is 0.338 e. The van der Waals surface area contributed by atoms with Crippen LogP contribution in [0.5, 0.6) is 11.5 Å². The number of rotatable bonds is 2. The maximum absolute atomic E-state index is 11.7. The Morgan fingerprint density at radius 1 is 1.05 bits per heavy atom. The highest BCUT2D eigenvalue weighted by Gasteiger charge is 2.14. The highest BCUT2D eigenvalue weighted by Crippen LogP contribution is 2.37. The fraction of sp³-hybridized carbons (Fsp3) is 0.0556. The summed E-state index contributed by atoms with van der Waals surface area (Å²) in [6.07, 6.45) is 0. The fourth-order valence-electron chi connectivity index (χ4n) is 2.26. The van der Waals surface area contributed by atoms with Crippen LogP contribution in [-0.2, 0) is 4.79 Å². The lowest BCUT2D eigenvalue weighted by molar-refractivity contribution is -0.130. The van der Waals surface area contributed by atoms with Gasteiger partial charge in [-0.25, -0.2) is 4.79 Å². The van der Waals surface area contributed by atoms with E-state index in [1.54, 1.807) is 13.0 Å². The topological polar surface area (TPSA) is 46.5 Å². The molecule has 21 heavy (non-hydrogen) atoms. The second-order valence-corrected chi connectivity index (χ2v) is 5.00. The molecule has 0 saturated carbocycles. The minimum atomic E-state index is -0.550. The first-order valence-corrected chi connectivity index (χ1v) is 6.58. The monoisotopic (exact) mass is 278 g/mol. The van der Waals surface area contributed by atoms with E-state index in [9.17, 15) is 9.90 Å². The standard InChI is InChI=1S/C18H14O3/c1-11(2)18(20)21-17-15-10-13-6-4-3-5-12(13)9-14(15)7-8-16(17)19/h3-10,19H,1H2,2H3. The molecule has 0 saturated heterocycles. The second kappa shape index (κ2) is 4.94. The van der Waals surface area contributed by atoms with E-state index in [-0.39, 0.29) is 17.1 Å². The molecule has 104 valence electrons. The maximum atomic E-state index is 11.7. The number of hydrogen-bond acceptors (Lipinski definition) is 3. The summed E-state index contributed by atoms with van der Waals surface area (Å²) in [7, 11) is 0. The van der Waals surface area contributed by atoms with Gasteiger partial charge in [0.1, 0.15) is 0 Å². The molecule has 3 nitrogen and oxygen atoms in total. The SMILES string of the molecule is C=C(C)C(=O)Oc1c(O)ccc2cc3ccccc3cc12. The van der Waals surface area contributed by atoms with E-state index in [4.69, 9.17) is 4.74 Å². The van der Waals surface area contributed by atoms with Crippen molar-refractivity contribution in [1.29, 1.82) is 0 Å². The van der Waals surface area contributed by atoms with Gasteiger partial charge in [0.05, 0.1) is 0 Å². The number of phenolic OH excluding ortho intramolecular Hbond substituents is 1. The number of carbonyl (C=O) groups excluding carboxylic acids is 1. The van der Waals surface area contributed by atoms with Gasteiger partial charge in [-0.15, -0.1) is 0 Å². The van der Waals surface area contributed by atoms with Crippen LogP contribution in [0.4, 0.5) is 0 Å². The van der Waals surface area contributed by atoms with Crippen LogP contribution in [0.25, 0.3) is 21.5 Å². The lowest BCUT2D eigenvalue weighted by Crippen LogP contribution is -2.08. The van der Waals surface area contributed by atoms with Crippen molar-refractivity contribution in [2.75, 3.05) is 0 Å². The molecule has 0 aromatic heterocycles. The van der Waals surface area contributed by atoms with Crippen LogP contribution in [0.2, 0.25) is 0 Å². The van der Waals surface area contributed by atoms with E-state index in [1.165, 1.54) is 6.07 Å². The molecule has 0 amide bonds. The Hall–Kier alpha value is -2.81. The molecule has 0 unspecified atom stereocenters. The molecule has 3 heteroatoms. The molecule has 0 atom stereocenters. The van der Waals surface area contributed by atoms with Gasteiger partial charge in [0.2, 0.25) is 0 Å². The summed E-state index contributed by atoms with van der Waals surface area (Å²) in [4.78, 5) is 11.7. The highest BCUT2D eigenvalue weighted by molar-refractivity contribution is 6.03. The number of ether oxygens (including phenoxy) is 1. The normalized spacial score (nSPS) is 10.7. The molecule has 3 aromatic carbocycles. The molecular weight excluding hydrogens is 264 g/mol. The Kier molecular flexibility index (Phi) is 3.10. The Morgan fingerprint density at radius 2 is 1.71 bits per heavy atom. The Labute approximate surface area is 122 Å². The predicted octanol–water partition coefficient (Wildman–Crippen LogP) is 4.18. The van der Waals surface area contributed by atoms with E-state index in [0.717, 1.165) is 16.2 Å². The summed E-state index contributed by atoms with van der Waals surface area (Å²) in [5.41, 5.74) is 0.284. The van der Waals surface area contributed by atoms with Gasteiger partial charge < -0.3 is 9.84 Å². The van der Waals surface area contributed by atoms with E-state index in [2.05, 4.69) is 6.58 Å². The molecule has 0 aliphatic carbocycles. The highest BCUT2D eigenvalue weighted by atomic mass is 16.5. The average molecular weight is 278 g/mol. The van der Waals surface area contributed by atoms with Crippen LogP contribution in [0.3, 0.4) is 0 Å². The van der Waals surface area contributed by atoms with Gasteiger partial charge in [-0.1, -0.05) is 36.9 Å². The predicted molar refractivity (Wildman–Crippen MR) is 83.6 cm³/mol.